The number of aliphatic hydroxyl groups excluding tert-OH is 1. The van der Waals surface area contributed by atoms with Crippen LogP contribution in [0.25, 0.3) is 0 Å². The topological polar surface area (TPSA) is 48.0 Å². The first-order valence-electron chi connectivity index (χ1n) is 4.38. The maximum absolute atomic E-state index is 9.03. The molecule has 0 radical (unpaired) electrons. The number of nitrogens with one attached hydrogen (secondary N) is 2. The lowest BCUT2D eigenvalue weighted by molar-refractivity contribution is 0.0619. The van der Waals surface area contributed by atoms with Crippen LogP contribution in [0, 0.1) is 0 Å². The lowest BCUT2D eigenvalue weighted by Crippen LogP contribution is -2.43. The first-order valence-corrected chi connectivity index (χ1v) is 4.38. The third-order valence-corrected chi connectivity index (χ3v) is 2.37. The zero-order valence-corrected chi connectivity index (χ0v) is 6.96. The van der Waals surface area contributed by atoms with Crippen molar-refractivity contribution in [3.63, 3.8) is 0 Å². The van der Waals surface area contributed by atoms with Gasteiger partial charge in [-0.05, 0) is 24.5 Å². The summed E-state index contributed by atoms with van der Waals surface area (Å²) in [5.74, 6) is 0. The summed E-state index contributed by atoms with van der Waals surface area (Å²) in [5, 5.41) is 12.4. The van der Waals surface area contributed by atoms with Crippen LogP contribution in [0.2, 0.25) is 0 Å². The van der Waals surface area contributed by atoms with Gasteiger partial charge in [0.2, 0.25) is 0 Å². The van der Waals surface area contributed by atoms with Crippen molar-refractivity contribution in [2.45, 2.75) is 31.5 Å². The minimum absolute atomic E-state index is 0.0614. The lowest BCUT2D eigenvalue weighted by atomic mass is 9.89. The van der Waals surface area contributed by atoms with E-state index in [9.17, 15) is 0 Å². The van der Waals surface area contributed by atoms with Crippen LogP contribution in [0.4, 0.5) is 0 Å². The van der Waals surface area contributed by atoms with E-state index >= 15 is 0 Å². The van der Waals surface area contributed by atoms with E-state index in [2.05, 4.69) is 16.4 Å². The predicted molar refractivity (Wildman–Crippen MR) is 46.7 cm³/mol. The largest absolute Gasteiger partial charge is 0.393 e. The Morgan fingerprint density at radius 1 is 1.58 bits per heavy atom. The summed E-state index contributed by atoms with van der Waals surface area (Å²) in [6.07, 6.45) is 5.66. The van der Waals surface area contributed by atoms with Crippen molar-refractivity contribution in [3.8, 4) is 0 Å². The molecule has 0 bridgehead atoms. The Morgan fingerprint density at radius 3 is 3.00 bits per heavy atom. The molecule has 2 rings (SSSR count). The number of H-pyrrole nitrogens is 1. The third-order valence-electron chi connectivity index (χ3n) is 2.37. The first-order chi connectivity index (χ1) is 5.84. The monoisotopic (exact) mass is 166 g/mol. The second-order valence-corrected chi connectivity index (χ2v) is 3.42. The quantitative estimate of drug-likeness (QED) is 0.616. The molecule has 0 aromatic carbocycles. The molecule has 0 amide bonds. The molecule has 0 aliphatic heterocycles. The van der Waals surface area contributed by atoms with E-state index in [1.807, 2.05) is 12.4 Å². The molecule has 12 heavy (non-hydrogen) atoms. The average molecular weight is 166 g/mol. The molecular formula is C9H14N2O. The van der Waals surface area contributed by atoms with Gasteiger partial charge in [-0.25, -0.2) is 0 Å². The number of hydrogen-bond acceptors (Lipinski definition) is 2. The Kier molecular flexibility index (Phi) is 2.15. The maximum Gasteiger partial charge on any atom is 0.0570 e. The number of hydrogen-bond donors (Lipinski definition) is 3. The van der Waals surface area contributed by atoms with Crippen LogP contribution in [0.5, 0.6) is 0 Å². The number of aliphatic hydroxyl groups is 1. The molecule has 1 aliphatic carbocycles. The van der Waals surface area contributed by atoms with Gasteiger partial charge in [0.15, 0.2) is 0 Å². The van der Waals surface area contributed by atoms with Crippen LogP contribution in [-0.4, -0.2) is 22.2 Å². The highest BCUT2D eigenvalue weighted by Gasteiger charge is 2.26. The van der Waals surface area contributed by atoms with E-state index < -0.39 is 0 Å². The highest BCUT2D eigenvalue weighted by atomic mass is 16.3. The van der Waals surface area contributed by atoms with Gasteiger partial charge in [-0.1, -0.05) is 0 Å². The Balaban J connectivity index is 1.70. The van der Waals surface area contributed by atoms with E-state index in [4.69, 9.17) is 5.11 Å². The molecule has 1 fully saturated rings. The van der Waals surface area contributed by atoms with Gasteiger partial charge in [-0.3, -0.25) is 0 Å². The normalized spacial score (nSPS) is 28.4. The molecule has 3 N–H and O–H groups in total. The Bertz CT molecular complexity index is 227. The van der Waals surface area contributed by atoms with E-state index in [-0.39, 0.29) is 6.10 Å². The van der Waals surface area contributed by atoms with Crippen LogP contribution >= 0.6 is 0 Å². The second kappa shape index (κ2) is 3.29. The Labute approximate surface area is 71.8 Å². The molecule has 1 heterocycles. The van der Waals surface area contributed by atoms with Crippen molar-refractivity contribution in [2.75, 3.05) is 0 Å². The van der Waals surface area contributed by atoms with E-state index in [1.54, 1.807) is 0 Å². The maximum atomic E-state index is 9.03. The van der Waals surface area contributed by atoms with Gasteiger partial charge in [0, 0.05) is 25.0 Å². The number of aromatic nitrogens is 1. The molecule has 66 valence electrons. The standard InChI is InChI=1S/C9H14N2O/c12-9-3-8(4-9)11-6-7-1-2-10-5-7/h1-2,5,8-12H,3-4,6H2. The van der Waals surface area contributed by atoms with Crippen molar-refractivity contribution >= 4 is 0 Å². The van der Waals surface area contributed by atoms with Gasteiger partial charge in [0.25, 0.3) is 0 Å². The molecule has 0 atom stereocenters. The number of aromatic amines is 1. The van der Waals surface area contributed by atoms with Crippen molar-refractivity contribution in [2.24, 2.45) is 0 Å². The van der Waals surface area contributed by atoms with Crippen molar-refractivity contribution < 1.29 is 5.11 Å². The minimum Gasteiger partial charge on any atom is -0.393 e. The summed E-state index contributed by atoms with van der Waals surface area (Å²) in [6.45, 7) is 0.904. The van der Waals surface area contributed by atoms with Gasteiger partial charge >= 0.3 is 0 Å². The summed E-state index contributed by atoms with van der Waals surface area (Å²) >= 11 is 0. The van der Waals surface area contributed by atoms with Gasteiger partial charge in [0.05, 0.1) is 6.10 Å². The molecule has 3 nitrogen and oxygen atoms in total. The fourth-order valence-electron chi connectivity index (χ4n) is 1.49. The molecule has 1 aromatic heterocycles. The van der Waals surface area contributed by atoms with Crippen molar-refractivity contribution in [3.05, 3.63) is 24.0 Å². The van der Waals surface area contributed by atoms with E-state index in [0.717, 1.165) is 19.4 Å². The summed E-state index contributed by atoms with van der Waals surface area (Å²) in [4.78, 5) is 3.01. The van der Waals surface area contributed by atoms with Crippen LogP contribution in [0.15, 0.2) is 18.5 Å². The average Bonchev–Trinajstić information content (AvgIpc) is 2.47. The third kappa shape index (κ3) is 1.68. The van der Waals surface area contributed by atoms with Gasteiger partial charge in [-0.2, -0.15) is 0 Å². The molecular weight excluding hydrogens is 152 g/mol. The zero-order valence-electron chi connectivity index (χ0n) is 6.96. The second-order valence-electron chi connectivity index (χ2n) is 3.42. The summed E-state index contributed by atoms with van der Waals surface area (Å²) in [7, 11) is 0. The van der Waals surface area contributed by atoms with Crippen molar-refractivity contribution in [1.29, 1.82) is 0 Å². The number of rotatable bonds is 3. The van der Waals surface area contributed by atoms with Crippen molar-refractivity contribution in [1.82, 2.24) is 10.3 Å². The predicted octanol–water partition coefficient (Wildman–Crippen LogP) is 0.628. The zero-order chi connectivity index (χ0) is 8.39. The molecule has 0 unspecified atom stereocenters. The van der Waals surface area contributed by atoms with Gasteiger partial charge < -0.3 is 15.4 Å². The smallest absolute Gasteiger partial charge is 0.0570 e. The van der Waals surface area contributed by atoms with Gasteiger partial charge in [-0.15, -0.1) is 0 Å². The SMILES string of the molecule is OC1CC(NCc2cc[nH]c2)C1. The molecule has 1 saturated carbocycles. The van der Waals surface area contributed by atoms with E-state index in [0.29, 0.717) is 6.04 Å². The summed E-state index contributed by atoms with van der Waals surface area (Å²) in [5.41, 5.74) is 1.27. The van der Waals surface area contributed by atoms with Crippen LogP contribution in [0.1, 0.15) is 18.4 Å². The van der Waals surface area contributed by atoms with Gasteiger partial charge in [0.1, 0.15) is 0 Å². The van der Waals surface area contributed by atoms with Crippen LogP contribution in [0.3, 0.4) is 0 Å². The fraction of sp³-hybridized carbons (Fsp3) is 0.556. The lowest BCUT2D eigenvalue weighted by Gasteiger charge is -2.32. The highest BCUT2D eigenvalue weighted by Crippen LogP contribution is 2.19. The van der Waals surface area contributed by atoms with Crippen LogP contribution < -0.4 is 5.32 Å². The van der Waals surface area contributed by atoms with E-state index in [1.165, 1.54) is 5.56 Å². The fourth-order valence-corrected chi connectivity index (χ4v) is 1.49. The first kappa shape index (κ1) is 7.83. The molecule has 1 aliphatic rings. The molecule has 0 spiro atoms. The molecule has 1 aromatic rings. The molecule has 0 saturated heterocycles. The Morgan fingerprint density at radius 2 is 2.42 bits per heavy atom. The highest BCUT2D eigenvalue weighted by molar-refractivity contribution is 5.08. The summed E-state index contributed by atoms with van der Waals surface area (Å²) < 4.78 is 0. The van der Waals surface area contributed by atoms with Crippen LogP contribution in [-0.2, 0) is 6.54 Å². The Hall–Kier alpha value is -0.800. The summed E-state index contributed by atoms with van der Waals surface area (Å²) in [6, 6.07) is 2.58. The minimum atomic E-state index is -0.0614. The molecule has 3 heteroatoms.